The number of hydrogen-bond acceptors (Lipinski definition) is 3. The van der Waals surface area contributed by atoms with Crippen LogP contribution in [0.5, 0.6) is 0 Å². The van der Waals surface area contributed by atoms with E-state index in [-0.39, 0.29) is 16.3 Å². The first-order valence-corrected chi connectivity index (χ1v) is 11.7. The van der Waals surface area contributed by atoms with E-state index in [1.807, 2.05) is 0 Å². The molecule has 34 heavy (non-hydrogen) atoms. The summed E-state index contributed by atoms with van der Waals surface area (Å²) in [5, 5.41) is 17.0. The molecule has 3 aromatic rings. The van der Waals surface area contributed by atoms with Gasteiger partial charge in [-0.3, -0.25) is 4.79 Å². The van der Waals surface area contributed by atoms with E-state index in [9.17, 15) is 18.7 Å². The van der Waals surface area contributed by atoms with Crippen LogP contribution in [-0.4, -0.2) is 21.6 Å². The molecule has 178 valence electrons. The highest BCUT2D eigenvalue weighted by Crippen LogP contribution is 2.66. The third-order valence-electron chi connectivity index (χ3n) is 5.40. The summed E-state index contributed by atoms with van der Waals surface area (Å²) in [7, 11) is 0. The molecule has 3 aromatic carbocycles. The number of hydrogen-bond donors (Lipinski definition) is 3. The van der Waals surface area contributed by atoms with E-state index < -0.39 is 39.9 Å². The average Bonchev–Trinajstić information content (AvgIpc) is 3.33. The van der Waals surface area contributed by atoms with Gasteiger partial charge in [0.2, 0.25) is 0 Å². The minimum atomic E-state index is -1.28. The van der Waals surface area contributed by atoms with Gasteiger partial charge in [-0.15, -0.1) is 23.2 Å². The molecule has 3 unspecified atom stereocenters. The van der Waals surface area contributed by atoms with E-state index in [4.69, 9.17) is 58.0 Å². The van der Waals surface area contributed by atoms with E-state index in [0.29, 0.717) is 21.3 Å². The van der Waals surface area contributed by atoms with E-state index in [2.05, 4.69) is 10.6 Å². The zero-order valence-corrected chi connectivity index (χ0v) is 20.7. The van der Waals surface area contributed by atoms with Gasteiger partial charge in [-0.2, -0.15) is 0 Å². The van der Waals surface area contributed by atoms with Crippen molar-refractivity contribution < 1.29 is 18.7 Å². The SMILES string of the molecule is O=C(Nc1ccc(F)c(F)c1)c1cc(NC(O)C2C(c3cc(Cl)cc(Cl)c3)C2(Cl)Cl)ccc1Cl. The molecule has 1 fully saturated rings. The van der Waals surface area contributed by atoms with Crippen LogP contribution in [0.4, 0.5) is 20.2 Å². The lowest BCUT2D eigenvalue weighted by atomic mass is 10.1. The first-order chi connectivity index (χ1) is 16.0. The number of anilines is 2. The Kier molecular flexibility index (Phi) is 7.21. The smallest absolute Gasteiger partial charge is 0.257 e. The lowest BCUT2D eigenvalue weighted by molar-refractivity contribution is 0.102. The highest BCUT2D eigenvalue weighted by atomic mass is 35.5. The Morgan fingerprint density at radius 1 is 0.912 bits per heavy atom. The second kappa shape index (κ2) is 9.69. The molecule has 11 heteroatoms. The van der Waals surface area contributed by atoms with Crippen molar-refractivity contribution in [2.75, 3.05) is 10.6 Å². The summed E-state index contributed by atoms with van der Waals surface area (Å²) >= 11 is 31.2. The summed E-state index contributed by atoms with van der Waals surface area (Å²) in [5.74, 6) is -3.85. The molecular weight excluding hydrogens is 552 g/mol. The van der Waals surface area contributed by atoms with Crippen molar-refractivity contribution in [3.63, 3.8) is 0 Å². The van der Waals surface area contributed by atoms with Crippen LogP contribution in [0.15, 0.2) is 54.6 Å². The Bertz CT molecular complexity index is 1250. The summed E-state index contributed by atoms with van der Waals surface area (Å²) in [5.41, 5.74) is 1.12. The minimum Gasteiger partial charge on any atom is -0.373 e. The third-order valence-corrected chi connectivity index (χ3v) is 7.14. The number of rotatable bonds is 6. The summed E-state index contributed by atoms with van der Waals surface area (Å²) in [6.07, 6.45) is -1.19. The van der Waals surface area contributed by atoms with Crippen LogP contribution < -0.4 is 10.6 Å². The van der Waals surface area contributed by atoms with E-state index >= 15 is 0 Å². The molecule has 3 atom stereocenters. The van der Waals surface area contributed by atoms with Gasteiger partial charge in [-0.1, -0.05) is 34.8 Å². The highest BCUT2D eigenvalue weighted by molar-refractivity contribution is 6.52. The maximum absolute atomic E-state index is 13.4. The van der Waals surface area contributed by atoms with Crippen molar-refractivity contribution in [3.8, 4) is 0 Å². The fourth-order valence-electron chi connectivity index (χ4n) is 3.75. The first kappa shape index (κ1) is 25.3. The molecule has 1 saturated carbocycles. The Morgan fingerprint density at radius 2 is 1.56 bits per heavy atom. The summed E-state index contributed by atoms with van der Waals surface area (Å²) < 4.78 is 25.3. The molecule has 0 aliphatic heterocycles. The number of alkyl halides is 2. The largest absolute Gasteiger partial charge is 0.373 e. The fourth-order valence-corrected chi connectivity index (χ4v) is 5.38. The number of carbonyl (C=O) groups excluding carboxylic acids is 1. The van der Waals surface area contributed by atoms with Gasteiger partial charge >= 0.3 is 0 Å². The number of amides is 1. The van der Waals surface area contributed by atoms with Gasteiger partial charge in [-0.25, -0.2) is 8.78 Å². The molecule has 1 amide bonds. The zero-order valence-electron chi connectivity index (χ0n) is 16.9. The molecule has 3 N–H and O–H groups in total. The second-order valence-electron chi connectivity index (χ2n) is 7.75. The van der Waals surface area contributed by atoms with Gasteiger partial charge in [-0.05, 0) is 54.1 Å². The van der Waals surface area contributed by atoms with Crippen LogP contribution in [0, 0.1) is 17.6 Å². The van der Waals surface area contributed by atoms with Crippen molar-refractivity contribution in [2.45, 2.75) is 16.5 Å². The molecule has 4 rings (SSSR count). The van der Waals surface area contributed by atoms with Gasteiger partial charge in [0.15, 0.2) is 11.6 Å². The summed E-state index contributed by atoms with van der Waals surface area (Å²) in [4.78, 5) is 12.7. The molecule has 0 bridgehead atoms. The Morgan fingerprint density at radius 3 is 2.21 bits per heavy atom. The number of nitrogens with one attached hydrogen (secondary N) is 2. The molecule has 0 saturated heterocycles. The maximum Gasteiger partial charge on any atom is 0.257 e. The average molecular weight is 567 g/mol. The quantitative estimate of drug-likeness (QED) is 0.214. The van der Waals surface area contributed by atoms with Crippen LogP contribution in [0.1, 0.15) is 21.8 Å². The second-order valence-corrected chi connectivity index (χ2v) is 10.5. The molecule has 0 aromatic heterocycles. The number of halogens is 7. The molecule has 1 aliphatic rings. The monoisotopic (exact) mass is 564 g/mol. The molecule has 0 spiro atoms. The van der Waals surface area contributed by atoms with E-state index in [1.54, 1.807) is 24.3 Å². The number of aliphatic hydroxyl groups is 1. The number of aliphatic hydroxyl groups excluding tert-OH is 1. The Hall–Kier alpha value is -1.80. The van der Waals surface area contributed by atoms with Crippen molar-refractivity contribution in [2.24, 2.45) is 5.92 Å². The first-order valence-electron chi connectivity index (χ1n) is 9.81. The van der Waals surface area contributed by atoms with Gasteiger partial charge in [0, 0.05) is 39.3 Å². The van der Waals surface area contributed by atoms with Gasteiger partial charge in [0.1, 0.15) is 10.6 Å². The zero-order chi connectivity index (χ0) is 24.8. The standard InChI is InChI=1S/C23H15Cl5F2N2O2/c24-11-5-10(6-12(25)7-11)19-20(23(19,27)28)22(34)32-13-1-3-16(26)15(8-13)21(33)31-14-2-4-17(29)18(30)9-14/h1-9,19-20,22,32,34H,(H,31,33). The fraction of sp³-hybridized carbons (Fsp3) is 0.174. The summed E-state index contributed by atoms with van der Waals surface area (Å²) in [6, 6.07) is 12.3. The van der Waals surface area contributed by atoms with Crippen LogP contribution >= 0.6 is 58.0 Å². The van der Waals surface area contributed by atoms with Gasteiger partial charge in [0.05, 0.1) is 10.6 Å². The number of carbonyl (C=O) groups is 1. The van der Waals surface area contributed by atoms with Crippen molar-refractivity contribution in [1.82, 2.24) is 0 Å². The lowest BCUT2D eigenvalue weighted by Crippen LogP contribution is -2.24. The van der Waals surface area contributed by atoms with Gasteiger partial charge in [0.25, 0.3) is 5.91 Å². The van der Waals surface area contributed by atoms with Crippen LogP contribution in [0.3, 0.4) is 0 Å². The normalized spacial score (nSPS) is 19.4. The predicted molar refractivity (Wildman–Crippen MR) is 133 cm³/mol. The van der Waals surface area contributed by atoms with Crippen molar-refractivity contribution >= 4 is 75.3 Å². The van der Waals surface area contributed by atoms with Crippen LogP contribution in [0.25, 0.3) is 0 Å². The van der Waals surface area contributed by atoms with E-state index in [0.717, 1.165) is 12.1 Å². The molecule has 0 radical (unpaired) electrons. The molecule has 4 nitrogen and oxygen atoms in total. The highest BCUT2D eigenvalue weighted by Gasteiger charge is 2.67. The van der Waals surface area contributed by atoms with Crippen molar-refractivity contribution in [3.05, 3.63) is 92.4 Å². The van der Waals surface area contributed by atoms with E-state index in [1.165, 1.54) is 18.2 Å². The Balaban J connectivity index is 1.50. The predicted octanol–water partition coefficient (Wildman–Crippen LogP) is 7.50. The van der Waals surface area contributed by atoms with Crippen molar-refractivity contribution in [1.29, 1.82) is 0 Å². The summed E-state index contributed by atoms with van der Waals surface area (Å²) in [6.45, 7) is 0. The molecule has 0 heterocycles. The third kappa shape index (κ3) is 5.23. The minimum absolute atomic E-state index is 0.0422. The lowest BCUT2D eigenvalue weighted by Gasteiger charge is -2.16. The Labute approximate surface area is 218 Å². The molecular formula is C23H15Cl5F2N2O2. The number of benzene rings is 3. The molecule has 1 aliphatic carbocycles. The van der Waals surface area contributed by atoms with Gasteiger partial charge < -0.3 is 15.7 Å². The van der Waals surface area contributed by atoms with Crippen LogP contribution in [0.2, 0.25) is 15.1 Å². The topological polar surface area (TPSA) is 61.4 Å². The maximum atomic E-state index is 13.4. The van der Waals surface area contributed by atoms with Crippen LogP contribution in [-0.2, 0) is 0 Å².